The third-order valence-corrected chi connectivity index (χ3v) is 6.19. The number of amides is 1. The van der Waals surface area contributed by atoms with Crippen LogP contribution in [0, 0.1) is 0 Å². The fourth-order valence-corrected chi connectivity index (χ4v) is 4.55. The van der Waals surface area contributed by atoms with E-state index in [1.54, 1.807) is 25.3 Å². The Morgan fingerprint density at radius 1 is 1.03 bits per heavy atom. The lowest BCUT2D eigenvalue weighted by molar-refractivity contribution is 0.0723. The van der Waals surface area contributed by atoms with Crippen molar-refractivity contribution in [2.75, 3.05) is 20.3 Å². The van der Waals surface area contributed by atoms with Crippen molar-refractivity contribution in [1.29, 1.82) is 0 Å². The maximum absolute atomic E-state index is 13.4. The minimum atomic E-state index is -0.372. The molecule has 0 fully saturated rings. The van der Waals surface area contributed by atoms with Gasteiger partial charge in [-0.15, -0.1) is 0 Å². The van der Waals surface area contributed by atoms with E-state index in [0.29, 0.717) is 43.1 Å². The van der Waals surface area contributed by atoms with Crippen LogP contribution in [0.5, 0.6) is 11.5 Å². The van der Waals surface area contributed by atoms with Gasteiger partial charge in [-0.2, -0.15) is 5.10 Å². The van der Waals surface area contributed by atoms with Crippen molar-refractivity contribution in [3.05, 3.63) is 101 Å². The Morgan fingerprint density at radius 2 is 1.83 bits per heavy atom. The van der Waals surface area contributed by atoms with Gasteiger partial charge in [0.2, 0.25) is 0 Å². The minimum Gasteiger partial charge on any atom is -0.507 e. The topological polar surface area (TPSA) is 87.7 Å². The summed E-state index contributed by atoms with van der Waals surface area (Å²) in [5.41, 5.74) is 4.35. The third-order valence-electron chi connectivity index (χ3n) is 6.19. The second kappa shape index (κ2) is 10.0. The summed E-state index contributed by atoms with van der Waals surface area (Å²) < 4.78 is 11.3. The lowest BCUT2D eigenvalue weighted by Crippen LogP contribution is -2.31. The molecule has 0 saturated heterocycles. The highest BCUT2D eigenvalue weighted by Crippen LogP contribution is 2.44. The summed E-state index contributed by atoms with van der Waals surface area (Å²) in [6.45, 7) is 1.52. The number of carbonyl (C=O) groups excluding carboxylic acids is 1. The molecule has 0 aliphatic carbocycles. The summed E-state index contributed by atoms with van der Waals surface area (Å²) >= 11 is 0. The highest BCUT2D eigenvalue weighted by atomic mass is 16.5. The van der Waals surface area contributed by atoms with Gasteiger partial charge in [-0.3, -0.25) is 9.89 Å². The van der Waals surface area contributed by atoms with Crippen LogP contribution in [0.1, 0.15) is 39.6 Å². The van der Waals surface area contributed by atoms with Gasteiger partial charge in [0.05, 0.1) is 6.04 Å². The quantitative estimate of drug-likeness (QED) is 0.339. The second-order valence-electron chi connectivity index (χ2n) is 8.47. The van der Waals surface area contributed by atoms with Crippen molar-refractivity contribution in [2.24, 2.45) is 0 Å². The normalized spacial score (nSPS) is 14.8. The van der Waals surface area contributed by atoms with Gasteiger partial charge in [0.15, 0.2) is 0 Å². The maximum Gasteiger partial charge on any atom is 0.273 e. The van der Waals surface area contributed by atoms with Gasteiger partial charge in [-0.05, 0) is 41.8 Å². The Balaban J connectivity index is 1.53. The molecule has 1 aliphatic rings. The SMILES string of the molecule is COCCCN1C(=O)c2[nH]nc(-c3ccccc3O)c2[C@@H]1c1cccc(OCc2ccccc2)c1. The number of H-pyrrole nitrogens is 1. The van der Waals surface area contributed by atoms with Crippen molar-refractivity contribution in [3.8, 4) is 22.8 Å². The largest absolute Gasteiger partial charge is 0.507 e. The predicted molar refractivity (Wildman–Crippen MR) is 132 cm³/mol. The molecule has 1 aromatic heterocycles. The van der Waals surface area contributed by atoms with Gasteiger partial charge in [-0.1, -0.05) is 54.6 Å². The Morgan fingerprint density at radius 3 is 2.63 bits per heavy atom. The molecule has 0 saturated carbocycles. The van der Waals surface area contributed by atoms with Crippen molar-refractivity contribution in [2.45, 2.75) is 19.1 Å². The number of aromatic amines is 1. The van der Waals surface area contributed by atoms with Crippen molar-refractivity contribution >= 4 is 5.91 Å². The zero-order chi connectivity index (χ0) is 24.2. The summed E-state index contributed by atoms with van der Waals surface area (Å²) in [6.07, 6.45) is 0.701. The predicted octanol–water partition coefficient (Wildman–Crippen LogP) is 4.94. The van der Waals surface area contributed by atoms with E-state index in [4.69, 9.17) is 9.47 Å². The molecule has 0 spiro atoms. The highest BCUT2D eigenvalue weighted by molar-refractivity contribution is 6.00. The van der Waals surface area contributed by atoms with Crippen LogP contribution in [0.3, 0.4) is 0 Å². The summed E-state index contributed by atoms with van der Waals surface area (Å²) in [5.74, 6) is 0.716. The smallest absolute Gasteiger partial charge is 0.273 e. The van der Waals surface area contributed by atoms with Crippen molar-refractivity contribution in [3.63, 3.8) is 0 Å². The molecule has 1 atom stereocenters. The molecule has 5 rings (SSSR count). The fourth-order valence-electron chi connectivity index (χ4n) is 4.55. The monoisotopic (exact) mass is 469 g/mol. The number of carbonyl (C=O) groups is 1. The first-order chi connectivity index (χ1) is 17.2. The zero-order valence-electron chi connectivity index (χ0n) is 19.5. The van der Waals surface area contributed by atoms with Crippen LogP contribution < -0.4 is 4.74 Å². The van der Waals surface area contributed by atoms with Crippen LogP contribution in [0.4, 0.5) is 0 Å². The minimum absolute atomic E-state index is 0.116. The number of phenolic OH excluding ortho intramolecular Hbond substituents is 1. The van der Waals surface area contributed by atoms with E-state index in [2.05, 4.69) is 10.2 Å². The number of phenols is 1. The molecule has 1 aliphatic heterocycles. The molecule has 7 heteroatoms. The molecule has 178 valence electrons. The van der Waals surface area contributed by atoms with Gasteiger partial charge >= 0.3 is 0 Å². The molecular weight excluding hydrogens is 442 g/mol. The zero-order valence-corrected chi connectivity index (χ0v) is 19.5. The Labute approximate surface area is 203 Å². The first-order valence-electron chi connectivity index (χ1n) is 11.6. The fraction of sp³-hybridized carbons (Fsp3) is 0.214. The number of hydrogen-bond acceptors (Lipinski definition) is 5. The number of fused-ring (bicyclic) bond motifs is 1. The Hall–Kier alpha value is -4.10. The van der Waals surface area contributed by atoms with Gasteiger partial charge in [0.1, 0.15) is 29.5 Å². The molecule has 1 amide bonds. The molecule has 0 radical (unpaired) electrons. The molecular formula is C28H27N3O4. The first-order valence-corrected chi connectivity index (χ1v) is 11.6. The van der Waals surface area contributed by atoms with E-state index in [1.165, 1.54) is 0 Å². The highest BCUT2D eigenvalue weighted by Gasteiger charge is 2.42. The van der Waals surface area contributed by atoms with Gasteiger partial charge in [0.25, 0.3) is 5.91 Å². The standard InChI is InChI=1S/C28H27N3O4/c1-34-16-8-15-31-27(20-11-7-12-21(17-20)35-18-19-9-3-2-4-10-19)24-25(29-30-26(24)28(31)33)22-13-5-6-14-23(22)32/h2-7,9-14,17,27,32H,8,15-16,18H2,1H3,(H,29,30)/t27-/m0/s1. The summed E-state index contributed by atoms with van der Waals surface area (Å²) in [4.78, 5) is 15.3. The number of benzene rings is 3. The number of aromatic hydroxyl groups is 1. The number of ether oxygens (including phenoxy) is 2. The lowest BCUT2D eigenvalue weighted by Gasteiger charge is -2.26. The number of methoxy groups -OCH3 is 1. The third kappa shape index (κ3) is 4.50. The molecule has 2 heterocycles. The van der Waals surface area contributed by atoms with E-state index >= 15 is 0 Å². The van der Waals surface area contributed by atoms with Gasteiger partial charge in [-0.25, -0.2) is 0 Å². The van der Waals surface area contributed by atoms with Crippen LogP contribution >= 0.6 is 0 Å². The number of aromatic nitrogens is 2. The van der Waals surface area contributed by atoms with E-state index in [1.807, 2.05) is 65.6 Å². The number of nitrogens with zero attached hydrogens (tertiary/aromatic N) is 2. The number of para-hydroxylation sites is 1. The van der Waals surface area contributed by atoms with Crippen LogP contribution in [-0.2, 0) is 11.3 Å². The van der Waals surface area contributed by atoms with E-state index in [0.717, 1.165) is 22.4 Å². The van der Waals surface area contributed by atoms with Gasteiger partial charge < -0.3 is 19.5 Å². The molecule has 7 nitrogen and oxygen atoms in total. The van der Waals surface area contributed by atoms with Gasteiger partial charge in [0, 0.05) is 31.4 Å². The number of hydrogen-bond donors (Lipinski definition) is 2. The average molecular weight is 470 g/mol. The second-order valence-corrected chi connectivity index (χ2v) is 8.47. The molecule has 3 aromatic carbocycles. The molecule has 35 heavy (non-hydrogen) atoms. The Bertz CT molecular complexity index is 1320. The molecule has 4 aromatic rings. The number of nitrogens with one attached hydrogen (secondary N) is 1. The van der Waals surface area contributed by atoms with Crippen molar-refractivity contribution < 1.29 is 19.4 Å². The van der Waals surface area contributed by atoms with E-state index in [-0.39, 0.29) is 17.7 Å². The number of rotatable bonds is 9. The van der Waals surface area contributed by atoms with Crippen LogP contribution in [0.2, 0.25) is 0 Å². The Kier molecular flexibility index (Phi) is 6.50. The summed E-state index contributed by atoms with van der Waals surface area (Å²) in [6, 6.07) is 24.5. The van der Waals surface area contributed by atoms with E-state index in [9.17, 15) is 9.90 Å². The van der Waals surface area contributed by atoms with Crippen molar-refractivity contribution in [1.82, 2.24) is 15.1 Å². The van der Waals surface area contributed by atoms with Crippen LogP contribution in [0.25, 0.3) is 11.3 Å². The molecule has 2 N–H and O–H groups in total. The summed E-state index contributed by atoms with van der Waals surface area (Å²) in [7, 11) is 1.65. The average Bonchev–Trinajstić information content (AvgIpc) is 3.43. The lowest BCUT2D eigenvalue weighted by atomic mass is 9.95. The van der Waals surface area contributed by atoms with E-state index < -0.39 is 0 Å². The maximum atomic E-state index is 13.4. The van der Waals surface area contributed by atoms with Crippen LogP contribution in [0.15, 0.2) is 78.9 Å². The summed E-state index contributed by atoms with van der Waals surface area (Å²) in [5, 5.41) is 17.9. The van der Waals surface area contributed by atoms with Crippen LogP contribution in [-0.4, -0.2) is 46.4 Å². The molecule has 0 bridgehead atoms. The molecule has 0 unspecified atom stereocenters. The first kappa shape index (κ1) is 22.7.